The third-order valence-electron chi connectivity index (χ3n) is 3.52. The number of amides is 1. The average molecular weight is 331 g/mol. The fraction of sp³-hybridized carbons (Fsp3) is 0.412. The zero-order chi connectivity index (χ0) is 17.7. The molecular formula is C17H21N3O4. The maximum Gasteiger partial charge on any atom is 0.326 e. The van der Waals surface area contributed by atoms with E-state index < -0.39 is 24.0 Å². The van der Waals surface area contributed by atoms with Crippen molar-refractivity contribution in [1.29, 1.82) is 0 Å². The van der Waals surface area contributed by atoms with E-state index in [1.807, 2.05) is 32.0 Å². The van der Waals surface area contributed by atoms with Crippen molar-refractivity contribution >= 4 is 22.9 Å². The molecule has 0 spiro atoms. The van der Waals surface area contributed by atoms with Gasteiger partial charge in [0.05, 0.1) is 16.7 Å². The predicted molar refractivity (Wildman–Crippen MR) is 88.3 cm³/mol. The van der Waals surface area contributed by atoms with Gasteiger partial charge < -0.3 is 15.5 Å². The van der Waals surface area contributed by atoms with Crippen molar-refractivity contribution in [2.24, 2.45) is 5.92 Å². The Labute approximate surface area is 139 Å². The zero-order valence-corrected chi connectivity index (χ0v) is 13.6. The number of carbonyl (C=O) groups excluding carboxylic acids is 1. The van der Waals surface area contributed by atoms with Crippen molar-refractivity contribution in [3.05, 3.63) is 36.2 Å². The van der Waals surface area contributed by atoms with Gasteiger partial charge in [-0.15, -0.1) is 0 Å². The molecule has 0 aliphatic carbocycles. The molecule has 1 aromatic carbocycles. The molecule has 0 fully saturated rings. The molecule has 0 radical (unpaired) electrons. The normalized spacial score (nSPS) is 13.7. The Balaban J connectivity index is 2.09. The number of aliphatic carboxylic acids is 1. The number of carbonyl (C=O) groups is 2. The summed E-state index contributed by atoms with van der Waals surface area (Å²) < 4.78 is 0. The molecular weight excluding hydrogens is 310 g/mol. The Morgan fingerprint density at radius 3 is 2.50 bits per heavy atom. The number of para-hydroxylation sites is 2. The van der Waals surface area contributed by atoms with Gasteiger partial charge in [-0.2, -0.15) is 0 Å². The minimum atomic E-state index is -1.23. The molecule has 3 N–H and O–H groups in total. The summed E-state index contributed by atoms with van der Waals surface area (Å²) in [7, 11) is 0. The first-order valence-corrected chi connectivity index (χ1v) is 7.78. The van der Waals surface area contributed by atoms with E-state index in [1.165, 1.54) is 6.20 Å². The molecule has 2 aromatic rings. The van der Waals surface area contributed by atoms with Gasteiger partial charge in [-0.3, -0.25) is 9.78 Å². The molecule has 1 heterocycles. The van der Waals surface area contributed by atoms with Crippen LogP contribution in [0.15, 0.2) is 30.5 Å². The second-order valence-corrected chi connectivity index (χ2v) is 6.10. The third kappa shape index (κ3) is 4.73. The molecule has 0 bridgehead atoms. The number of hydrogen-bond donors (Lipinski definition) is 3. The number of aliphatic hydroxyl groups is 1. The predicted octanol–water partition coefficient (Wildman–Crippen LogP) is 1.15. The molecule has 0 aliphatic heterocycles. The summed E-state index contributed by atoms with van der Waals surface area (Å²) in [4.78, 5) is 31.9. The van der Waals surface area contributed by atoms with Crippen LogP contribution in [0, 0.1) is 5.92 Å². The van der Waals surface area contributed by atoms with Crippen LogP contribution in [0.1, 0.15) is 26.0 Å². The number of aliphatic hydroxyl groups excluding tert-OH is 1. The number of benzene rings is 1. The number of fused-ring (bicyclic) bond motifs is 1. The van der Waals surface area contributed by atoms with E-state index in [0.717, 1.165) is 0 Å². The summed E-state index contributed by atoms with van der Waals surface area (Å²) in [6.45, 7) is 3.74. The van der Waals surface area contributed by atoms with Gasteiger partial charge in [-0.25, -0.2) is 9.78 Å². The Hall–Kier alpha value is -2.54. The number of carboxylic acid groups (broad SMARTS) is 1. The first-order valence-electron chi connectivity index (χ1n) is 7.78. The van der Waals surface area contributed by atoms with E-state index in [1.54, 1.807) is 6.07 Å². The van der Waals surface area contributed by atoms with E-state index in [0.29, 0.717) is 16.7 Å². The van der Waals surface area contributed by atoms with Gasteiger partial charge in [-0.05, 0) is 24.5 Å². The maximum absolute atomic E-state index is 11.9. The third-order valence-corrected chi connectivity index (χ3v) is 3.52. The first-order chi connectivity index (χ1) is 11.4. The molecule has 7 nitrogen and oxygen atoms in total. The monoisotopic (exact) mass is 331 g/mol. The number of carboxylic acids is 1. The van der Waals surface area contributed by atoms with Crippen molar-refractivity contribution in [1.82, 2.24) is 15.3 Å². The van der Waals surface area contributed by atoms with Crippen LogP contribution in [0.3, 0.4) is 0 Å². The molecule has 0 aliphatic rings. The molecule has 24 heavy (non-hydrogen) atoms. The van der Waals surface area contributed by atoms with Crippen LogP contribution >= 0.6 is 0 Å². The fourth-order valence-electron chi connectivity index (χ4n) is 2.32. The standard InChI is InChI=1S/C17H21N3O4/c1-10(2)7-15(21)16(22)20-14(17(23)24)8-11-9-18-12-5-3-4-6-13(12)19-11/h3-6,9-10,14-15,21H,7-8H2,1-2H3,(H,20,22)(H,23,24)/t14-,15+/m0/s1. The Morgan fingerprint density at radius 1 is 1.21 bits per heavy atom. The van der Waals surface area contributed by atoms with Crippen LogP contribution in [0.5, 0.6) is 0 Å². The summed E-state index contributed by atoms with van der Waals surface area (Å²) in [5.74, 6) is -1.75. The molecule has 2 atom stereocenters. The minimum absolute atomic E-state index is 0.00664. The van der Waals surface area contributed by atoms with Gasteiger partial charge in [0, 0.05) is 12.6 Å². The second-order valence-electron chi connectivity index (χ2n) is 6.10. The minimum Gasteiger partial charge on any atom is -0.480 e. The van der Waals surface area contributed by atoms with Crippen molar-refractivity contribution in [2.75, 3.05) is 0 Å². The van der Waals surface area contributed by atoms with Gasteiger partial charge in [0.1, 0.15) is 12.1 Å². The van der Waals surface area contributed by atoms with Gasteiger partial charge in [0.2, 0.25) is 5.91 Å². The number of rotatable bonds is 7. The largest absolute Gasteiger partial charge is 0.480 e. The number of nitrogens with one attached hydrogen (secondary N) is 1. The van der Waals surface area contributed by atoms with Crippen LogP contribution in [-0.4, -0.2) is 44.2 Å². The van der Waals surface area contributed by atoms with Crippen LogP contribution in [0.25, 0.3) is 11.0 Å². The molecule has 2 rings (SSSR count). The summed E-state index contributed by atoms with van der Waals surface area (Å²) >= 11 is 0. The van der Waals surface area contributed by atoms with Crippen molar-refractivity contribution < 1.29 is 19.8 Å². The number of nitrogens with zero attached hydrogens (tertiary/aromatic N) is 2. The smallest absolute Gasteiger partial charge is 0.326 e. The van der Waals surface area contributed by atoms with Crippen molar-refractivity contribution in [2.45, 2.75) is 38.8 Å². The van der Waals surface area contributed by atoms with Crippen LogP contribution in [0.2, 0.25) is 0 Å². The van der Waals surface area contributed by atoms with E-state index >= 15 is 0 Å². The lowest BCUT2D eigenvalue weighted by molar-refractivity contribution is -0.143. The van der Waals surface area contributed by atoms with Gasteiger partial charge >= 0.3 is 5.97 Å². The zero-order valence-electron chi connectivity index (χ0n) is 13.6. The van der Waals surface area contributed by atoms with Crippen molar-refractivity contribution in [3.63, 3.8) is 0 Å². The molecule has 1 amide bonds. The SMILES string of the molecule is CC(C)C[C@@H](O)C(=O)N[C@@H](Cc1cnc2ccccc2n1)C(=O)O. The van der Waals surface area contributed by atoms with Crippen LogP contribution in [0.4, 0.5) is 0 Å². The molecule has 0 saturated heterocycles. The first kappa shape index (κ1) is 17.8. The highest BCUT2D eigenvalue weighted by Crippen LogP contribution is 2.10. The highest BCUT2D eigenvalue weighted by Gasteiger charge is 2.25. The molecule has 7 heteroatoms. The Morgan fingerprint density at radius 2 is 1.88 bits per heavy atom. The van der Waals surface area contributed by atoms with Crippen molar-refractivity contribution in [3.8, 4) is 0 Å². The molecule has 0 saturated carbocycles. The Kier molecular flexibility index (Phi) is 5.81. The lowest BCUT2D eigenvalue weighted by atomic mass is 10.0. The average Bonchev–Trinajstić information content (AvgIpc) is 2.53. The van der Waals surface area contributed by atoms with Crippen LogP contribution in [-0.2, 0) is 16.0 Å². The maximum atomic E-state index is 11.9. The summed E-state index contributed by atoms with van der Waals surface area (Å²) in [5, 5.41) is 21.5. The second kappa shape index (κ2) is 7.83. The Bertz CT molecular complexity index is 733. The van der Waals surface area contributed by atoms with Crippen LogP contribution < -0.4 is 5.32 Å². The molecule has 0 unspecified atom stereocenters. The van der Waals surface area contributed by atoms with E-state index in [9.17, 15) is 19.8 Å². The van der Waals surface area contributed by atoms with Gasteiger partial charge in [-0.1, -0.05) is 26.0 Å². The lowest BCUT2D eigenvalue weighted by Gasteiger charge is -2.18. The molecule has 1 aromatic heterocycles. The summed E-state index contributed by atoms with van der Waals surface area (Å²) in [6.07, 6.45) is 0.533. The van der Waals surface area contributed by atoms with Gasteiger partial charge in [0.25, 0.3) is 0 Å². The van der Waals surface area contributed by atoms with E-state index in [-0.39, 0.29) is 18.8 Å². The number of hydrogen-bond acceptors (Lipinski definition) is 5. The van der Waals surface area contributed by atoms with E-state index in [2.05, 4.69) is 15.3 Å². The van der Waals surface area contributed by atoms with Gasteiger partial charge in [0.15, 0.2) is 0 Å². The summed E-state index contributed by atoms with van der Waals surface area (Å²) in [5.41, 5.74) is 1.83. The van der Waals surface area contributed by atoms with E-state index in [4.69, 9.17) is 0 Å². The number of aromatic nitrogens is 2. The fourth-order valence-corrected chi connectivity index (χ4v) is 2.32. The molecule has 128 valence electrons. The topological polar surface area (TPSA) is 112 Å². The highest BCUT2D eigenvalue weighted by atomic mass is 16.4. The highest BCUT2D eigenvalue weighted by molar-refractivity contribution is 5.86. The summed E-state index contributed by atoms with van der Waals surface area (Å²) in [6, 6.07) is 6.08. The quantitative estimate of drug-likeness (QED) is 0.701. The lowest BCUT2D eigenvalue weighted by Crippen LogP contribution is -2.47.